The van der Waals surface area contributed by atoms with E-state index in [9.17, 15) is 9.00 Å². The third-order valence-corrected chi connectivity index (χ3v) is 5.05. The zero-order valence-electron chi connectivity index (χ0n) is 10.1. The van der Waals surface area contributed by atoms with Crippen molar-refractivity contribution >= 4 is 16.8 Å². The van der Waals surface area contributed by atoms with Crippen LogP contribution in [0.3, 0.4) is 0 Å². The normalized spacial score (nSPS) is 31.4. The van der Waals surface area contributed by atoms with Gasteiger partial charge in [-0.1, -0.05) is 0 Å². The van der Waals surface area contributed by atoms with Crippen LogP contribution in [-0.4, -0.2) is 51.8 Å². The Morgan fingerprint density at radius 3 is 2.18 bits per heavy atom. The molecular weight excluding hydrogens is 238 g/mol. The average Bonchev–Trinajstić information content (AvgIpc) is 2.33. The number of nitrogens with two attached hydrogens (primary N) is 1. The summed E-state index contributed by atoms with van der Waals surface area (Å²) in [7, 11) is -0.589. The van der Waals surface area contributed by atoms with Gasteiger partial charge >= 0.3 is 6.03 Å². The van der Waals surface area contributed by atoms with Crippen LogP contribution in [0, 0.1) is 0 Å². The third kappa shape index (κ3) is 3.67. The molecule has 2 rings (SSSR count). The Labute approximate surface area is 105 Å². The number of carbonyl (C=O) groups excluding carboxylic acids is 1. The molecule has 0 atom stereocenters. The number of hydrogen-bond acceptors (Lipinski definition) is 3. The standard InChI is InChI=1S/C11H21N3O2S/c12-11(15)14-5-1-9(2-6-14)13-10-3-7-17(16)8-4-10/h9-10,13H,1-8H2,(H2,12,15). The smallest absolute Gasteiger partial charge is 0.314 e. The highest BCUT2D eigenvalue weighted by Crippen LogP contribution is 2.15. The van der Waals surface area contributed by atoms with Crippen molar-refractivity contribution < 1.29 is 9.00 Å². The first-order chi connectivity index (χ1) is 8.15. The molecule has 2 fully saturated rings. The molecule has 2 aliphatic rings. The number of hydrogen-bond donors (Lipinski definition) is 2. The highest BCUT2D eigenvalue weighted by atomic mass is 32.2. The van der Waals surface area contributed by atoms with E-state index in [4.69, 9.17) is 5.73 Å². The van der Waals surface area contributed by atoms with Crippen molar-refractivity contribution in [2.75, 3.05) is 24.6 Å². The van der Waals surface area contributed by atoms with Gasteiger partial charge in [0.05, 0.1) is 0 Å². The maximum Gasteiger partial charge on any atom is 0.314 e. The Morgan fingerprint density at radius 2 is 1.65 bits per heavy atom. The van der Waals surface area contributed by atoms with Crippen LogP contribution in [0.2, 0.25) is 0 Å². The van der Waals surface area contributed by atoms with Gasteiger partial charge in [0, 0.05) is 47.5 Å². The second-order valence-corrected chi connectivity index (χ2v) is 6.58. The minimum absolute atomic E-state index is 0.309. The minimum Gasteiger partial charge on any atom is -0.351 e. The molecule has 0 radical (unpaired) electrons. The first kappa shape index (κ1) is 12.8. The van der Waals surface area contributed by atoms with E-state index in [0.29, 0.717) is 12.1 Å². The van der Waals surface area contributed by atoms with Gasteiger partial charge in [0.1, 0.15) is 0 Å². The maximum atomic E-state index is 11.2. The van der Waals surface area contributed by atoms with Crippen molar-refractivity contribution in [3.8, 4) is 0 Å². The van der Waals surface area contributed by atoms with Crippen LogP contribution in [0.4, 0.5) is 4.79 Å². The van der Waals surface area contributed by atoms with Crippen molar-refractivity contribution in [1.82, 2.24) is 10.2 Å². The predicted octanol–water partition coefficient (Wildman–Crippen LogP) is 0.0302. The van der Waals surface area contributed by atoms with Gasteiger partial charge in [0.25, 0.3) is 0 Å². The van der Waals surface area contributed by atoms with Crippen LogP contribution in [0.15, 0.2) is 0 Å². The molecule has 0 aromatic heterocycles. The van der Waals surface area contributed by atoms with Crippen molar-refractivity contribution in [3.63, 3.8) is 0 Å². The SMILES string of the molecule is NC(=O)N1CCC(NC2CCS(=O)CC2)CC1. The van der Waals surface area contributed by atoms with E-state index in [2.05, 4.69) is 5.32 Å². The molecular formula is C11H21N3O2S. The summed E-state index contributed by atoms with van der Waals surface area (Å²) in [6.07, 6.45) is 3.98. The number of piperidine rings is 1. The van der Waals surface area contributed by atoms with E-state index >= 15 is 0 Å². The highest BCUT2D eigenvalue weighted by molar-refractivity contribution is 7.85. The van der Waals surface area contributed by atoms with Crippen LogP contribution in [-0.2, 0) is 10.8 Å². The summed E-state index contributed by atoms with van der Waals surface area (Å²) in [5.74, 6) is 1.66. The van der Waals surface area contributed by atoms with Gasteiger partial charge < -0.3 is 16.0 Å². The van der Waals surface area contributed by atoms with E-state index in [0.717, 1.165) is 50.3 Å². The number of nitrogens with zero attached hydrogens (tertiary/aromatic N) is 1. The zero-order valence-corrected chi connectivity index (χ0v) is 10.9. The quantitative estimate of drug-likeness (QED) is 0.734. The van der Waals surface area contributed by atoms with Gasteiger partial charge in [-0.15, -0.1) is 0 Å². The number of urea groups is 1. The molecule has 0 aliphatic carbocycles. The summed E-state index contributed by atoms with van der Waals surface area (Å²) in [6.45, 7) is 1.51. The van der Waals surface area contributed by atoms with Crippen molar-refractivity contribution in [2.24, 2.45) is 5.73 Å². The Kier molecular flexibility index (Phi) is 4.39. The molecule has 0 saturated carbocycles. The topological polar surface area (TPSA) is 75.4 Å². The Morgan fingerprint density at radius 1 is 1.12 bits per heavy atom. The van der Waals surface area contributed by atoms with E-state index in [1.165, 1.54) is 0 Å². The fourth-order valence-corrected chi connectivity index (χ4v) is 3.86. The largest absolute Gasteiger partial charge is 0.351 e. The molecule has 0 unspecified atom stereocenters. The number of nitrogens with one attached hydrogen (secondary N) is 1. The minimum atomic E-state index is -0.589. The molecule has 2 saturated heterocycles. The van der Waals surface area contributed by atoms with Gasteiger partial charge in [0.15, 0.2) is 0 Å². The van der Waals surface area contributed by atoms with Crippen LogP contribution in [0.1, 0.15) is 25.7 Å². The summed E-state index contributed by atoms with van der Waals surface area (Å²) in [4.78, 5) is 12.7. The van der Waals surface area contributed by atoms with Gasteiger partial charge in [-0.2, -0.15) is 0 Å². The fourth-order valence-electron chi connectivity index (χ4n) is 2.56. The van der Waals surface area contributed by atoms with Crippen LogP contribution < -0.4 is 11.1 Å². The zero-order chi connectivity index (χ0) is 12.3. The number of carbonyl (C=O) groups is 1. The monoisotopic (exact) mass is 259 g/mol. The third-order valence-electron chi connectivity index (χ3n) is 3.67. The van der Waals surface area contributed by atoms with Gasteiger partial charge in [0.2, 0.25) is 0 Å². The Balaban J connectivity index is 1.71. The molecule has 2 heterocycles. The summed E-state index contributed by atoms with van der Waals surface area (Å²) in [5, 5.41) is 3.62. The first-order valence-corrected chi connectivity index (χ1v) is 7.79. The van der Waals surface area contributed by atoms with Crippen LogP contribution >= 0.6 is 0 Å². The molecule has 17 heavy (non-hydrogen) atoms. The first-order valence-electron chi connectivity index (χ1n) is 6.30. The van der Waals surface area contributed by atoms with Crippen LogP contribution in [0.5, 0.6) is 0 Å². The van der Waals surface area contributed by atoms with Crippen molar-refractivity contribution in [3.05, 3.63) is 0 Å². The predicted molar refractivity (Wildman–Crippen MR) is 68.2 cm³/mol. The fraction of sp³-hybridized carbons (Fsp3) is 0.909. The van der Waals surface area contributed by atoms with Crippen molar-refractivity contribution in [1.29, 1.82) is 0 Å². The summed E-state index contributed by atoms with van der Waals surface area (Å²) in [6, 6.07) is 0.691. The summed E-state index contributed by atoms with van der Waals surface area (Å²) in [5.41, 5.74) is 5.24. The average molecular weight is 259 g/mol. The number of rotatable bonds is 2. The highest BCUT2D eigenvalue weighted by Gasteiger charge is 2.25. The molecule has 2 amide bonds. The van der Waals surface area contributed by atoms with Crippen LogP contribution in [0.25, 0.3) is 0 Å². The van der Waals surface area contributed by atoms with E-state index in [1.807, 2.05) is 0 Å². The number of amides is 2. The molecule has 0 aromatic carbocycles. The van der Waals surface area contributed by atoms with E-state index in [-0.39, 0.29) is 6.03 Å². The summed E-state index contributed by atoms with van der Waals surface area (Å²) >= 11 is 0. The Hall–Kier alpha value is -0.620. The summed E-state index contributed by atoms with van der Waals surface area (Å²) < 4.78 is 11.2. The number of likely N-dealkylation sites (tertiary alicyclic amines) is 1. The van der Waals surface area contributed by atoms with E-state index in [1.54, 1.807) is 4.90 Å². The van der Waals surface area contributed by atoms with Gasteiger partial charge in [-0.25, -0.2) is 4.79 Å². The maximum absolute atomic E-state index is 11.2. The van der Waals surface area contributed by atoms with Gasteiger partial charge in [-0.05, 0) is 25.7 Å². The Bertz CT molecular complexity index is 293. The molecule has 0 bridgehead atoms. The molecule has 0 aromatic rings. The molecule has 6 heteroatoms. The van der Waals surface area contributed by atoms with E-state index < -0.39 is 10.8 Å². The molecule has 98 valence electrons. The molecule has 0 spiro atoms. The lowest BCUT2D eigenvalue weighted by molar-refractivity contribution is 0.181. The van der Waals surface area contributed by atoms with Gasteiger partial charge in [-0.3, -0.25) is 4.21 Å². The molecule has 2 aliphatic heterocycles. The second kappa shape index (κ2) is 5.82. The molecule has 3 N–H and O–H groups in total. The lowest BCUT2D eigenvalue weighted by Gasteiger charge is -2.34. The molecule has 5 nitrogen and oxygen atoms in total. The lowest BCUT2D eigenvalue weighted by Crippen LogP contribution is -2.50. The lowest BCUT2D eigenvalue weighted by atomic mass is 10.0. The van der Waals surface area contributed by atoms with Crippen molar-refractivity contribution in [2.45, 2.75) is 37.8 Å². The number of primary amides is 1. The second-order valence-electron chi connectivity index (χ2n) is 4.89.